The molecule has 12 heavy (non-hydrogen) atoms. The van der Waals surface area contributed by atoms with E-state index in [1.807, 2.05) is 0 Å². The van der Waals surface area contributed by atoms with Crippen molar-refractivity contribution in [3.8, 4) is 0 Å². The fourth-order valence-corrected chi connectivity index (χ4v) is 1.18. The molecule has 0 aliphatic rings. The first kappa shape index (κ1) is 7.03. The van der Waals surface area contributed by atoms with E-state index in [1.165, 1.54) is 6.07 Å². The molecular weight excluding hydrogens is 157 g/mol. The molecule has 2 nitrogen and oxygen atoms in total. The summed E-state index contributed by atoms with van der Waals surface area (Å²) >= 11 is 0. The molecule has 0 unspecified atom stereocenters. The fraction of sp³-hybridized carbons (Fsp3) is 0. The summed E-state index contributed by atoms with van der Waals surface area (Å²) in [7, 11) is 0. The van der Waals surface area contributed by atoms with Gasteiger partial charge in [0.25, 0.3) is 5.56 Å². The van der Waals surface area contributed by atoms with Gasteiger partial charge in [0, 0.05) is 11.5 Å². The van der Waals surface area contributed by atoms with Gasteiger partial charge in [-0.1, -0.05) is 18.2 Å². The van der Waals surface area contributed by atoms with Crippen molar-refractivity contribution in [2.45, 2.75) is 0 Å². The van der Waals surface area contributed by atoms with Crippen molar-refractivity contribution in [3.05, 3.63) is 46.6 Å². The van der Waals surface area contributed by atoms with Crippen LogP contribution in [0.2, 0.25) is 0 Å². The number of nitrogens with one attached hydrogen (secondary N) is 1. The van der Waals surface area contributed by atoms with E-state index < -0.39 is 11.5 Å². The zero-order valence-corrected chi connectivity index (χ0v) is 6.17. The molecule has 0 fully saturated rings. The van der Waals surface area contributed by atoms with E-state index in [9.17, 15) is 9.18 Å². The van der Waals surface area contributed by atoms with Gasteiger partial charge >= 0.3 is 0 Å². The van der Waals surface area contributed by atoms with Crippen LogP contribution in [0.25, 0.3) is 10.8 Å². The second kappa shape index (κ2) is 2.44. The molecule has 0 amide bonds. The van der Waals surface area contributed by atoms with Crippen molar-refractivity contribution in [1.29, 1.82) is 0 Å². The van der Waals surface area contributed by atoms with E-state index in [1.54, 1.807) is 24.3 Å². The molecule has 1 aromatic carbocycles. The van der Waals surface area contributed by atoms with Gasteiger partial charge in [-0.15, -0.1) is 0 Å². The molecule has 0 aliphatic heterocycles. The maximum Gasteiger partial charge on any atom is 0.250 e. The highest BCUT2D eigenvalue weighted by Gasteiger charge is 1.99. The number of pyridine rings is 1. The average Bonchev–Trinajstić information content (AvgIpc) is 2.04. The van der Waals surface area contributed by atoms with Gasteiger partial charge in [-0.3, -0.25) is 9.78 Å². The number of benzene rings is 1. The molecule has 2 rings (SSSR count). The quantitative estimate of drug-likeness (QED) is 0.588. The molecule has 0 bridgehead atoms. The van der Waals surface area contributed by atoms with Crippen molar-refractivity contribution < 1.29 is 4.39 Å². The number of H-pyrrole nitrogens is 1. The third-order valence-corrected chi connectivity index (χ3v) is 1.72. The molecule has 0 atom stereocenters. The van der Waals surface area contributed by atoms with Gasteiger partial charge in [-0.25, -0.2) is 0 Å². The minimum atomic E-state index is -0.571. The van der Waals surface area contributed by atoms with Gasteiger partial charge in [0.15, 0.2) is 0 Å². The Hall–Kier alpha value is -1.64. The molecule has 1 heterocycles. The summed E-state index contributed by atoms with van der Waals surface area (Å²) in [4.78, 5) is 12.9. The summed E-state index contributed by atoms with van der Waals surface area (Å²) in [5, 5.41) is 1.07. The Kier molecular flexibility index (Phi) is 1.43. The molecule has 0 saturated carbocycles. The lowest BCUT2D eigenvalue weighted by molar-refractivity contribution is 0.592. The van der Waals surface area contributed by atoms with Gasteiger partial charge in [0.1, 0.15) is 0 Å². The van der Waals surface area contributed by atoms with E-state index in [0.29, 0.717) is 10.8 Å². The highest BCUT2D eigenvalue weighted by Crippen LogP contribution is 2.12. The Morgan fingerprint density at radius 2 is 2.00 bits per heavy atom. The lowest BCUT2D eigenvalue weighted by atomic mass is 10.2. The molecule has 60 valence electrons. The van der Waals surface area contributed by atoms with Crippen LogP contribution in [0.3, 0.4) is 0 Å². The van der Waals surface area contributed by atoms with Crippen LogP contribution in [0.15, 0.2) is 35.1 Å². The van der Waals surface area contributed by atoms with Crippen LogP contribution >= 0.6 is 0 Å². The van der Waals surface area contributed by atoms with E-state index in [-0.39, 0.29) is 0 Å². The van der Waals surface area contributed by atoms with Crippen molar-refractivity contribution in [2.24, 2.45) is 0 Å². The Morgan fingerprint density at radius 3 is 2.83 bits per heavy atom. The predicted molar refractivity (Wildman–Crippen MR) is 44.5 cm³/mol. The first-order chi connectivity index (χ1) is 5.77. The Bertz CT molecular complexity index is 475. The first-order valence-corrected chi connectivity index (χ1v) is 3.55. The van der Waals surface area contributed by atoms with E-state index in [2.05, 4.69) is 4.98 Å². The SMILES string of the molecule is O=c1cc2ccccc2c(F)[nH]1. The maximum absolute atomic E-state index is 13.0. The smallest absolute Gasteiger partial charge is 0.250 e. The van der Waals surface area contributed by atoms with Crippen LogP contribution in [-0.4, -0.2) is 4.98 Å². The normalized spacial score (nSPS) is 10.4. The van der Waals surface area contributed by atoms with Gasteiger partial charge in [0.2, 0.25) is 5.95 Å². The number of aromatic nitrogens is 1. The highest BCUT2D eigenvalue weighted by molar-refractivity contribution is 5.81. The molecule has 1 aromatic heterocycles. The lowest BCUT2D eigenvalue weighted by Crippen LogP contribution is -2.05. The second-order valence-electron chi connectivity index (χ2n) is 2.53. The van der Waals surface area contributed by atoms with Crippen LogP contribution in [0, 0.1) is 5.95 Å². The van der Waals surface area contributed by atoms with E-state index in [4.69, 9.17) is 0 Å². The molecular formula is C9H6FNO. The minimum absolute atomic E-state index is 0.411. The third kappa shape index (κ3) is 0.993. The zero-order chi connectivity index (χ0) is 8.55. The summed E-state index contributed by atoms with van der Waals surface area (Å²) in [5.74, 6) is -0.571. The summed E-state index contributed by atoms with van der Waals surface area (Å²) in [6.07, 6.45) is 0. The van der Waals surface area contributed by atoms with Crippen LogP contribution in [0.1, 0.15) is 0 Å². The molecule has 0 saturated heterocycles. The van der Waals surface area contributed by atoms with Crippen molar-refractivity contribution in [2.75, 3.05) is 0 Å². The van der Waals surface area contributed by atoms with Crippen molar-refractivity contribution in [3.63, 3.8) is 0 Å². The van der Waals surface area contributed by atoms with Gasteiger partial charge in [-0.2, -0.15) is 4.39 Å². The van der Waals surface area contributed by atoms with Gasteiger partial charge < -0.3 is 0 Å². The average molecular weight is 163 g/mol. The van der Waals surface area contributed by atoms with Crippen molar-refractivity contribution in [1.82, 2.24) is 4.98 Å². The number of rotatable bonds is 0. The third-order valence-electron chi connectivity index (χ3n) is 1.72. The fourth-order valence-electron chi connectivity index (χ4n) is 1.18. The minimum Gasteiger partial charge on any atom is -0.298 e. The largest absolute Gasteiger partial charge is 0.298 e. The van der Waals surface area contributed by atoms with Gasteiger partial charge in [-0.05, 0) is 11.5 Å². The van der Waals surface area contributed by atoms with Crippen molar-refractivity contribution >= 4 is 10.8 Å². The number of hydrogen-bond acceptors (Lipinski definition) is 1. The van der Waals surface area contributed by atoms with Crippen LogP contribution in [-0.2, 0) is 0 Å². The standard InChI is InChI=1S/C9H6FNO/c10-9-7-4-2-1-3-6(7)5-8(12)11-9/h1-5H,(H,11,12). The lowest BCUT2D eigenvalue weighted by Gasteiger charge is -1.95. The van der Waals surface area contributed by atoms with Gasteiger partial charge in [0.05, 0.1) is 0 Å². The van der Waals surface area contributed by atoms with E-state index in [0.717, 1.165) is 0 Å². The molecule has 0 spiro atoms. The monoisotopic (exact) mass is 163 g/mol. The van der Waals surface area contributed by atoms with Crippen LogP contribution in [0.5, 0.6) is 0 Å². The number of fused-ring (bicyclic) bond motifs is 1. The molecule has 1 N–H and O–H groups in total. The van der Waals surface area contributed by atoms with Crippen LogP contribution < -0.4 is 5.56 Å². The molecule has 2 aromatic rings. The Labute approximate surface area is 67.7 Å². The predicted octanol–water partition coefficient (Wildman–Crippen LogP) is 1.67. The number of halogens is 1. The Balaban J connectivity index is 2.99. The summed E-state index contributed by atoms with van der Waals surface area (Å²) in [6.45, 7) is 0. The summed E-state index contributed by atoms with van der Waals surface area (Å²) in [6, 6.07) is 8.19. The first-order valence-electron chi connectivity index (χ1n) is 3.55. The topological polar surface area (TPSA) is 32.9 Å². The summed E-state index contributed by atoms with van der Waals surface area (Å²) < 4.78 is 13.0. The number of aromatic amines is 1. The molecule has 0 radical (unpaired) electrons. The van der Waals surface area contributed by atoms with E-state index >= 15 is 0 Å². The molecule has 3 heteroatoms. The summed E-state index contributed by atoms with van der Waals surface area (Å²) in [5.41, 5.74) is -0.411. The zero-order valence-electron chi connectivity index (χ0n) is 6.17. The van der Waals surface area contributed by atoms with Crippen LogP contribution in [0.4, 0.5) is 4.39 Å². The molecule has 0 aliphatic carbocycles. The second-order valence-corrected chi connectivity index (χ2v) is 2.53. The number of hydrogen-bond donors (Lipinski definition) is 1. The Morgan fingerprint density at radius 1 is 1.25 bits per heavy atom. The maximum atomic E-state index is 13.0. The highest BCUT2D eigenvalue weighted by atomic mass is 19.1.